The molecule has 0 bridgehead atoms. The van der Waals surface area contributed by atoms with Crippen molar-refractivity contribution in [3.63, 3.8) is 0 Å². The van der Waals surface area contributed by atoms with E-state index in [4.69, 9.17) is 0 Å². The van der Waals surface area contributed by atoms with Crippen LogP contribution in [0.1, 0.15) is 0 Å². The van der Waals surface area contributed by atoms with Crippen LogP contribution in [-0.2, 0) is 0 Å². The molecule has 3 N–H and O–H groups in total. The van der Waals surface area contributed by atoms with Gasteiger partial charge in [0, 0.05) is 5.22 Å². The Bertz CT molecular complexity index is 988. The number of hydrogen-bond donors (Lipinski definition) is 3. The van der Waals surface area contributed by atoms with Crippen molar-refractivity contribution < 1.29 is 15.3 Å². The van der Waals surface area contributed by atoms with Gasteiger partial charge in [0.1, 0.15) is 18.0 Å². The average Bonchev–Trinajstić information content (AvgIpc) is 2.51. The minimum atomic E-state index is -1.25. The zero-order chi connectivity index (χ0) is 14.6. The van der Waals surface area contributed by atoms with Crippen LogP contribution in [0.15, 0.2) is 48.5 Å². The number of aliphatic hydroxyl groups excluding tert-OH is 3. The Morgan fingerprint density at radius 2 is 1.52 bits per heavy atom. The van der Waals surface area contributed by atoms with Gasteiger partial charge in [-0.3, -0.25) is 0 Å². The summed E-state index contributed by atoms with van der Waals surface area (Å²) in [6.07, 6.45) is -0.735. The van der Waals surface area contributed by atoms with E-state index in [0.717, 1.165) is 26.8 Å². The first-order valence-electron chi connectivity index (χ1n) is 6.88. The highest BCUT2D eigenvalue weighted by atomic mass is 16.4. The molecular formula is C18H14O3. The van der Waals surface area contributed by atoms with Crippen molar-refractivity contribution in [3.05, 3.63) is 59.0 Å². The fourth-order valence-electron chi connectivity index (χ4n) is 3.02. The van der Waals surface area contributed by atoms with Gasteiger partial charge in [-0.25, -0.2) is 0 Å². The molecule has 3 heteroatoms. The zero-order valence-corrected chi connectivity index (χ0v) is 11.2. The summed E-state index contributed by atoms with van der Waals surface area (Å²) in [5.41, 5.74) is 0. The number of rotatable bonds is 0. The van der Waals surface area contributed by atoms with E-state index in [1.165, 1.54) is 0 Å². The summed E-state index contributed by atoms with van der Waals surface area (Å²) >= 11 is 0. The minimum absolute atomic E-state index is 0.171. The van der Waals surface area contributed by atoms with Crippen LogP contribution in [-0.4, -0.2) is 27.5 Å². The Labute approximate surface area is 120 Å². The van der Waals surface area contributed by atoms with Crippen molar-refractivity contribution in [2.45, 2.75) is 12.2 Å². The highest BCUT2D eigenvalue weighted by molar-refractivity contribution is 5.98. The van der Waals surface area contributed by atoms with E-state index in [0.29, 0.717) is 5.22 Å². The first-order valence-corrected chi connectivity index (χ1v) is 6.88. The molecule has 1 aliphatic rings. The monoisotopic (exact) mass is 278 g/mol. The molecule has 2 atom stereocenters. The molecule has 0 saturated carbocycles. The lowest BCUT2D eigenvalue weighted by molar-refractivity contribution is 0.0771. The third-order valence-electron chi connectivity index (χ3n) is 4.14. The summed E-state index contributed by atoms with van der Waals surface area (Å²) < 4.78 is 0. The molecule has 0 aliphatic heterocycles. The van der Waals surface area contributed by atoms with Crippen LogP contribution < -0.4 is 10.4 Å². The van der Waals surface area contributed by atoms with E-state index in [2.05, 4.69) is 18.2 Å². The molecular weight excluding hydrogens is 264 g/mol. The summed E-state index contributed by atoms with van der Waals surface area (Å²) in [5, 5.41) is 35.3. The molecule has 0 heterocycles. The molecule has 104 valence electrons. The van der Waals surface area contributed by atoms with E-state index in [1.807, 2.05) is 24.3 Å². The minimum Gasteiger partial charge on any atom is -0.509 e. The Hall–Kier alpha value is -2.36. The summed E-state index contributed by atoms with van der Waals surface area (Å²) in [5.74, 6) is -0.171. The molecule has 0 aromatic heterocycles. The van der Waals surface area contributed by atoms with Gasteiger partial charge in [0.2, 0.25) is 0 Å². The second-order valence-electron chi connectivity index (χ2n) is 5.43. The van der Waals surface area contributed by atoms with Crippen LogP contribution >= 0.6 is 0 Å². The van der Waals surface area contributed by atoms with E-state index in [1.54, 1.807) is 12.1 Å². The summed E-state index contributed by atoms with van der Waals surface area (Å²) in [6, 6.07) is 15.9. The van der Waals surface area contributed by atoms with Gasteiger partial charge in [-0.05, 0) is 45.0 Å². The van der Waals surface area contributed by atoms with Gasteiger partial charge in [-0.1, -0.05) is 36.4 Å². The van der Waals surface area contributed by atoms with Crippen LogP contribution in [0.4, 0.5) is 0 Å². The molecule has 0 amide bonds. The van der Waals surface area contributed by atoms with E-state index >= 15 is 0 Å². The van der Waals surface area contributed by atoms with Gasteiger partial charge < -0.3 is 15.3 Å². The third kappa shape index (κ3) is 1.75. The topological polar surface area (TPSA) is 60.7 Å². The Kier molecular flexibility index (Phi) is 2.55. The van der Waals surface area contributed by atoms with Crippen molar-refractivity contribution in [3.8, 4) is 0 Å². The third-order valence-corrected chi connectivity index (χ3v) is 4.14. The van der Waals surface area contributed by atoms with Crippen LogP contribution in [0.25, 0.3) is 33.4 Å². The number of benzene rings is 3. The Balaban J connectivity index is 2.22. The highest BCUT2D eigenvalue weighted by Crippen LogP contribution is 2.20. The normalized spacial score (nSPS) is 21.3. The molecule has 21 heavy (non-hydrogen) atoms. The largest absolute Gasteiger partial charge is 0.509 e. The summed E-state index contributed by atoms with van der Waals surface area (Å²) in [7, 11) is 0. The van der Waals surface area contributed by atoms with Crippen molar-refractivity contribution >= 4 is 33.4 Å². The molecule has 0 spiro atoms. The number of hydrogen-bond acceptors (Lipinski definition) is 3. The Morgan fingerprint density at radius 3 is 2.29 bits per heavy atom. The fourth-order valence-corrected chi connectivity index (χ4v) is 3.02. The molecule has 0 fully saturated rings. The average molecular weight is 278 g/mol. The van der Waals surface area contributed by atoms with Crippen LogP contribution in [0, 0.1) is 0 Å². The molecule has 0 radical (unpaired) electrons. The molecule has 1 aliphatic carbocycles. The van der Waals surface area contributed by atoms with E-state index < -0.39 is 12.2 Å². The smallest absolute Gasteiger partial charge is 0.141 e. The van der Waals surface area contributed by atoms with Gasteiger partial charge in [0.25, 0.3) is 0 Å². The second kappa shape index (κ2) is 4.32. The van der Waals surface area contributed by atoms with Gasteiger partial charge in [-0.15, -0.1) is 0 Å². The van der Waals surface area contributed by atoms with Crippen LogP contribution in [0.5, 0.6) is 0 Å². The van der Waals surface area contributed by atoms with E-state index in [-0.39, 0.29) is 5.76 Å². The lowest BCUT2D eigenvalue weighted by atomic mass is 9.95. The molecule has 2 unspecified atom stereocenters. The molecule has 3 nitrogen and oxygen atoms in total. The van der Waals surface area contributed by atoms with Crippen molar-refractivity contribution in [2.24, 2.45) is 0 Å². The quantitative estimate of drug-likeness (QED) is 0.541. The van der Waals surface area contributed by atoms with Gasteiger partial charge in [-0.2, -0.15) is 0 Å². The summed E-state index contributed by atoms with van der Waals surface area (Å²) in [4.78, 5) is 0. The highest BCUT2D eigenvalue weighted by Gasteiger charge is 2.23. The molecule has 4 rings (SSSR count). The van der Waals surface area contributed by atoms with Crippen molar-refractivity contribution in [2.75, 3.05) is 0 Å². The predicted molar refractivity (Wildman–Crippen MR) is 83.2 cm³/mol. The number of aliphatic hydroxyl groups is 3. The maximum atomic E-state index is 10.1. The molecule has 3 aromatic rings. The Morgan fingerprint density at radius 1 is 0.810 bits per heavy atom. The maximum Gasteiger partial charge on any atom is 0.141 e. The zero-order valence-electron chi connectivity index (χ0n) is 11.2. The van der Waals surface area contributed by atoms with Crippen LogP contribution in [0.3, 0.4) is 0 Å². The molecule has 0 saturated heterocycles. The second-order valence-corrected chi connectivity index (χ2v) is 5.43. The maximum absolute atomic E-state index is 10.1. The first-order chi connectivity index (χ1) is 10.1. The standard InChI is InChI=1S/C18H14O3/c19-16-9-15-13(17(20)18(16)21)6-5-12-7-10-3-1-2-4-11(10)8-14(12)15/h1-9,16,18-21H. The predicted octanol–water partition coefficient (Wildman–Crippen LogP) is 1.18. The lowest BCUT2D eigenvalue weighted by Gasteiger charge is -2.19. The van der Waals surface area contributed by atoms with Gasteiger partial charge in [0.05, 0.1) is 0 Å². The first kappa shape index (κ1) is 12.4. The van der Waals surface area contributed by atoms with Gasteiger partial charge in [0.15, 0.2) is 0 Å². The van der Waals surface area contributed by atoms with Crippen molar-refractivity contribution in [1.29, 1.82) is 0 Å². The fraction of sp³-hybridized carbons (Fsp3) is 0.111. The lowest BCUT2D eigenvalue weighted by Crippen LogP contribution is -2.42. The number of fused-ring (bicyclic) bond motifs is 4. The SMILES string of the molecule is OC1=c2ccc3cc4ccccc4cc3c2=CC(O)C1O. The summed E-state index contributed by atoms with van der Waals surface area (Å²) in [6.45, 7) is 0. The molecule has 3 aromatic carbocycles. The van der Waals surface area contributed by atoms with Crippen LogP contribution in [0.2, 0.25) is 0 Å². The van der Waals surface area contributed by atoms with Crippen molar-refractivity contribution in [1.82, 2.24) is 0 Å². The van der Waals surface area contributed by atoms with Gasteiger partial charge >= 0.3 is 0 Å². The van der Waals surface area contributed by atoms with E-state index in [9.17, 15) is 15.3 Å².